The molecule has 1 aromatic heterocycles. The van der Waals surface area contributed by atoms with Crippen molar-refractivity contribution in [3.8, 4) is 6.19 Å². The first kappa shape index (κ1) is 26.7. The number of nitriles is 1. The Bertz CT molecular complexity index is 1350. The lowest BCUT2D eigenvalue weighted by Crippen LogP contribution is -2.44. The average Bonchev–Trinajstić information content (AvgIpc) is 3.18. The van der Waals surface area contributed by atoms with E-state index in [9.17, 15) is 14.9 Å². The Hall–Kier alpha value is -4.32. The van der Waals surface area contributed by atoms with Crippen molar-refractivity contribution in [2.45, 2.75) is 58.5 Å². The fraction of sp³-hybridized carbons (Fsp3) is 0.379. The van der Waals surface area contributed by atoms with Crippen molar-refractivity contribution in [1.82, 2.24) is 15.5 Å². The molecule has 2 aromatic carbocycles. The highest BCUT2D eigenvalue weighted by Gasteiger charge is 2.28. The van der Waals surface area contributed by atoms with Crippen LogP contribution in [0.2, 0.25) is 0 Å². The van der Waals surface area contributed by atoms with E-state index in [4.69, 9.17) is 4.42 Å². The molecule has 0 aliphatic carbocycles. The minimum Gasteiger partial charge on any atom is -0.461 e. The molecule has 1 fully saturated rings. The fourth-order valence-corrected chi connectivity index (χ4v) is 4.51. The van der Waals surface area contributed by atoms with Crippen molar-refractivity contribution < 1.29 is 14.0 Å². The molecule has 1 aliphatic rings. The van der Waals surface area contributed by atoms with Crippen LogP contribution < -0.4 is 16.0 Å². The number of likely N-dealkylation sites (tertiary alicyclic amines) is 1. The van der Waals surface area contributed by atoms with Gasteiger partial charge in [0.05, 0.1) is 6.54 Å². The van der Waals surface area contributed by atoms with E-state index in [1.165, 1.54) is 5.56 Å². The number of carbonyl (C=O) groups is 2. The van der Waals surface area contributed by atoms with Gasteiger partial charge in [-0.05, 0) is 67.5 Å². The van der Waals surface area contributed by atoms with Crippen LogP contribution in [-0.2, 0) is 16.1 Å². The van der Waals surface area contributed by atoms with Gasteiger partial charge in [-0.1, -0.05) is 38.1 Å². The summed E-state index contributed by atoms with van der Waals surface area (Å²) < 4.78 is 5.62. The summed E-state index contributed by atoms with van der Waals surface area (Å²) in [6.07, 6.45) is 4.00. The molecular formula is C29H34N6O3. The van der Waals surface area contributed by atoms with Crippen molar-refractivity contribution >= 4 is 34.4 Å². The molecule has 3 aromatic rings. The van der Waals surface area contributed by atoms with Gasteiger partial charge in [0.15, 0.2) is 6.19 Å². The summed E-state index contributed by atoms with van der Waals surface area (Å²) in [5.41, 5.74) is 3.73. The fourth-order valence-electron chi connectivity index (χ4n) is 4.51. The number of aliphatic imine (C=N–C) groups is 1. The Labute approximate surface area is 222 Å². The van der Waals surface area contributed by atoms with E-state index < -0.39 is 6.04 Å². The number of amides is 2. The topological polar surface area (TPSA) is 123 Å². The Morgan fingerprint density at radius 2 is 1.97 bits per heavy atom. The summed E-state index contributed by atoms with van der Waals surface area (Å²) >= 11 is 0. The Morgan fingerprint density at radius 3 is 2.71 bits per heavy atom. The van der Waals surface area contributed by atoms with Crippen LogP contribution in [0.5, 0.6) is 0 Å². The summed E-state index contributed by atoms with van der Waals surface area (Å²) in [6.45, 7) is 7.03. The first-order chi connectivity index (χ1) is 18.3. The summed E-state index contributed by atoms with van der Waals surface area (Å²) in [5, 5.41) is 18.7. The lowest BCUT2D eigenvalue weighted by Gasteiger charge is -2.22. The van der Waals surface area contributed by atoms with Crippen LogP contribution in [0.1, 0.15) is 55.9 Å². The normalized spacial score (nSPS) is 16.3. The van der Waals surface area contributed by atoms with Crippen LogP contribution in [0.4, 0.5) is 5.69 Å². The van der Waals surface area contributed by atoms with Gasteiger partial charge in [-0.3, -0.25) is 14.9 Å². The molecular weight excluding hydrogens is 480 g/mol. The quantitative estimate of drug-likeness (QED) is 0.186. The monoisotopic (exact) mass is 514 g/mol. The van der Waals surface area contributed by atoms with E-state index in [1.54, 1.807) is 4.90 Å². The Kier molecular flexibility index (Phi) is 8.64. The first-order valence-corrected chi connectivity index (χ1v) is 13.0. The van der Waals surface area contributed by atoms with Crippen molar-refractivity contribution in [2.24, 2.45) is 4.99 Å². The SMILES string of the molecule is Cc1cc2cc(NC(=NC3CCCCN(CC(=O)NCc4ccc(C(C)C)cc4)C3=O)NC#N)ccc2o1. The van der Waals surface area contributed by atoms with Crippen molar-refractivity contribution in [1.29, 1.82) is 5.26 Å². The van der Waals surface area contributed by atoms with Gasteiger partial charge in [-0.25, -0.2) is 4.99 Å². The number of hydrogen-bond donors (Lipinski definition) is 3. The smallest absolute Gasteiger partial charge is 0.247 e. The third kappa shape index (κ3) is 6.91. The van der Waals surface area contributed by atoms with Crippen molar-refractivity contribution in [2.75, 3.05) is 18.4 Å². The number of guanidine groups is 1. The molecule has 1 unspecified atom stereocenters. The summed E-state index contributed by atoms with van der Waals surface area (Å²) in [6, 6.07) is 14.9. The molecule has 4 rings (SSSR count). The number of rotatable bonds is 7. The lowest BCUT2D eigenvalue weighted by molar-refractivity contribution is -0.136. The van der Waals surface area contributed by atoms with Crippen molar-refractivity contribution in [3.63, 3.8) is 0 Å². The highest BCUT2D eigenvalue weighted by molar-refractivity contribution is 5.98. The molecule has 1 saturated heterocycles. The zero-order valence-electron chi connectivity index (χ0n) is 22.1. The number of anilines is 1. The highest BCUT2D eigenvalue weighted by Crippen LogP contribution is 2.23. The standard InChI is InChI=1S/C29H34N6O3/c1-19(2)22-9-7-21(8-10-22)16-31-27(36)17-35-13-5-4-6-25(28(35)37)34-29(32-18-30)33-24-11-12-26-23(15-24)14-20(3)38-26/h7-12,14-15,19,25H,4-6,13,16-17H2,1-3H3,(H,31,36)(H2,32,33,34). The summed E-state index contributed by atoms with van der Waals surface area (Å²) in [7, 11) is 0. The number of carbonyl (C=O) groups excluding carboxylic acids is 2. The van der Waals surface area contributed by atoms with E-state index in [-0.39, 0.29) is 24.3 Å². The number of hydrogen-bond acceptors (Lipinski definition) is 5. The lowest BCUT2D eigenvalue weighted by atomic mass is 10.0. The zero-order valence-corrected chi connectivity index (χ0v) is 22.1. The number of aryl methyl sites for hydroxylation is 1. The molecule has 0 saturated carbocycles. The Balaban J connectivity index is 1.40. The minimum absolute atomic E-state index is 0.0279. The molecule has 0 spiro atoms. The molecule has 38 heavy (non-hydrogen) atoms. The Morgan fingerprint density at radius 1 is 1.18 bits per heavy atom. The van der Waals surface area contributed by atoms with Crippen LogP contribution in [0.3, 0.4) is 0 Å². The maximum Gasteiger partial charge on any atom is 0.247 e. The second kappa shape index (κ2) is 12.3. The molecule has 9 heteroatoms. The van der Waals surface area contributed by atoms with Crippen LogP contribution in [0, 0.1) is 18.4 Å². The molecule has 9 nitrogen and oxygen atoms in total. The maximum absolute atomic E-state index is 13.3. The van der Waals surface area contributed by atoms with Gasteiger partial charge in [0.25, 0.3) is 0 Å². The van der Waals surface area contributed by atoms with Gasteiger partial charge in [-0.15, -0.1) is 0 Å². The number of nitrogens with one attached hydrogen (secondary N) is 3. The molecule has 2 heterocycles. The van der Waals surface area contributed by atoms with Gasteiger partial charge in [0.1, 0.15) is 17.4 Å². The van der Waals surface area contributed by atoms with E-state index in [0.717, 1.165) is 35.1 Å². The van der Waals surface area contributed by atoms with E-state index >= 15 is 0 Å². The predicted molar refractivity (Wildman–Crippen MR) is 147 cm³/mol. The maximum atomic E-state index is 13.3. The molecule has 1 aliphatic heterocycles. The van der Waals surface area contributed by atoms with Gasteiger partial charge in [0, 0.05) is 24.2 Å². The largest absolute Gasteiger partial charge is 0.461 e. The second-order valence-electron chi connectivity index (χ2n) is 9.89. The predicted octanol–water partition coefficient (Wildman–Crippen LogP) is 4.40. The van der Waals surface area contributed by atoms with Gasteiger partial charge < -0.3 is 20.0 Å². The van der Waals surface area contributed by atoms with Crippen LogP contribution in [0.15, 0.2) is 57.9 Å². The van der Waals surface area contributed by atoms with Crippen LogP contribution in [-0.4, -0.2) is 41.8 Å². The van der Waals surface area contributed by atoms with Gasteiger partial charge in [0.2, 0.25) is 17.8 Å². The van der Waals surface area contributed by atoms with E-state index in [2.05, 4.69) is 46.9 Å². The molecule has 1 atom stereocenters. The molecule has 2 amide bonds. The van der Waals surface area contributed by atoms with Gasteiger partial charge >= 0.3 is 0 Å². The minimum atomic E-state index is -0.697. The first-order valence-electron chi connectivity index (χ1n) is 13.0. The molecule has 3 N–H and O–H groups in total. The number of benzene rings is 2. The van der Waals surface area contributed by atoms with E-state index in [0.29, 0.717) is 31.1 Å². The number of fused-ring (bicyclic) bond motifs is 1. The summed E-state index contributed by atoms with van der Waals surface area (Å²) in [5.74, 6) is 0.999. The van der Waals surface area contributed by atoms with Gasteiger partial charge in [-0.2, -0.15) is 5.26 Å². The van der Waals surface area contributed by atoms with Crippen molar-refractivity contribution in [3.05, 3.63) is 65.4 Å². The number of furan rings is 1. The number of nitrogens with zero attached hydrogens (tertiary/aromatic N) is 3. The molecule has 0 radical (unpaired) electrons. The third-order valence-corrected chi connectivity index (χ3v) is 6.58. The third-order valence-electron chi connectivity index (χ3n) is 6.58. The van der Waals surface area contributed by atoms with Crippen LogP contribution >= 0.6 is 0 Å². The highest BCUT2D eigenvalue weighted by atomic mass is 16.3. The second-order valence-corrected chi connectivity index (χ2v) is 9.89. The molecule has 0 bridgehead atoms. The average molecular weight is 515 g/mol. The van der Waals surface area contributed by atoms with E-state index in [1.807, 2.05) is 49.5 Å². The molecule has 198 valence electrons. The summed E-state index contributed by atoms with van der Waals surface area (Å²) in [4.78, 5) is 32.1. The zero-order chi connectivity index (χ0) is 27.1. The van der Waals surface area contributed by atoms with Crippen LogP contribution in [0.25, 0.3) is 11.0 Å².